The van der Waals surface area contributed by atoms with Gasteiger partial charge in [-0.25, -0.2) is 0 Å². The molecule has 0 atom stereocenters. The molecule has 2 aromatic rings. The Morgan fingerprint density at radius 3 is 2.67 bits per heavy atom. The molecule has 1 amide bonds. The quantitative estimate of drug-likeness (QED) is 0.807. The van der Waals surface area contributed by atoms with E-state index in [2.05, 4.69) is 4.90 Å². The summed E-state index contributed by atoms with van der Waals surface area (Å²) in [6.45, 7) is 5.60. The molecule has 0 unspecified atom stereocenters. The first-order chi connectivity index (χ1) is 11.5. The summed E-state index contributed by atoms with van der Waals surface area (Å²) in [7, 11) is 1.97. The maximum Gasteiger partial charge on any atom is 0.257 e. The Hall–Kier alpha value is -2.34. The number of Topliss-reactive ketones (excluding diaryl/α,β-unsaturated/α-hetero) is 1. The number of carbonyl (C=O) groups excluding carboxylic acids is 2. The van der Waals surface area contributed by atoms with Gasteiger partial charge in [-0.15, -0.1) is 0 Å². The number of aryl methyl sites for hydroxylation is 1. The third-order valence-corrected chi connectivity index (χ3v) is 4.54. The van der Waals surface area contributed by atoms with Crippen molar-refractivity contribution in [2.45, 2.75) is 19.9 Å². The lowest BCUT2D eigenvalue weighted by Gasteiger charge is -2.21. The number of amides is 1. The number of aromatic nitrogens is 1. The molecule has 1 aliphatic heterocycles. The first-order valence-electron chi connectivity index (χ1n) is 8.24. The number of ketones is 1. The van der Waals surface area contributed by atoms with Gasteiger partial charge in [-0.05, 0) is 25.5 Å². The van der Waals surface area contributed by atoms with Gasteiger partial charge in [0.15, 0.2) is 5.78 Å². The lowest BCUT2D eigenvalue weighted by Crippen LogP contribution is -2.35. The molecule has 6 heteroatoms. The zero-order valence-electron chi connectivity index (χ0n) is 14.2. The van der Waals surface area contributed by atoms with Crippen molar-refractivity contribution in [1.82, 2.24) is 14.4 Å². The minimum Gasteiger partial charge on any atom is -0.472 e. The zero-order chi connectivity index (χ0) is 17.1. The van der Waals surface area contributed by atoms with Crippen LogP contribution >= 0.6 is 0 Å². The van der Waals surface area contributed by atoms with Crippen LogP contribution in [-0.2, 0) is 13.6 Å². The van der Waals surface area contributed by atoms with E-state index in [1.165, 1.54) is 12.5 Å². The number of furan rings is 1. The third-order valence-electron chi connectivity index (χ3n) is 4.54. The summed E-state index contributed by atoms with van der Waals surface area (Å²) in [4.78, 5) is 28.1. The molecule has 0 aromatic carbocycles. The van der Waals surface area contributed by atoms with Crippen molar-refractivity contribution < 1.29 is 14.0 Å². The average Bonchev–Trinajstić information content (AvgIpc) is 3.14. The Morgan fingerprint density at radius 1 is 1.17 bits per heavy atom. The topological polar surface area (TPSA) is 58.7 Å². The Labute approximate surface area is 141 Å². The van der Waals surface area contributed by atoms with Gasteiger partial charge in [0.1, 0.15) is 6.26 Å². The van der Waals surface area contributed by atoms with E-state index in [1.807, 2.05) is 28.8 Å². The number of nitrogens with zero attached hydrogens (tertiary/aromatic N) is 3. The number of hydrogen-bond acceptors (Lipinski definition) is 4. The summed E-state index contributed by atoms with van der Waals surface area (Å²) in [6.07, 6.45) is 5.84. The summed E-state index contributed by atoms with van der Waals surface area (Å²) in [6, 6.07) is 3.67. The van der Waals surface area contributed by atoms with Crippen molar-refractivity contribution in [3.63, 3.8) is 0 Å². The predicted octanol–water partition coefficient (Wildman–Crippen LogP) is 2.17. The molecule has 2 aromatic heterocycles. The third kappa shape index (κ3) is 3.59. The van der Waals surface area contributed by atoms with Crippen molar-refractivity contribution in [2.24, 2.45) is 7.05 Å². The SMILES string of the molecule is CC(=O)c1cc(CN2CCCN(C(=O)c3ccoc3)CC2)n(C)c1. The molecule has 3 rings (SSSR count). The molecule has 0 radical (unpaired) electrons. The minimum absolute atomic E-state index is 0.0309. The number of hydrogen-bond donors (Lipinski definition) is 0. The predicted molar refractivity (Wildman–Crippen MR) is 89.9 cm³/mol. The van der Waals surface area contributed by atoms with E-state index in [-0.39, 0.29) is 11.7 Å². The van der Waals surface area contributed by atoms with Gasteiger partial charge in [0.2, 0.25) is 0 Å². The first kappa shape index (κ1) is 16.5. The van der Waals surface area contributed by atoms with Crippen LogP contribution in [0.15, 0.2) is 35.3 Å². The minimum atomic E-state index is 0.0309. The molecule has 0 spiro atoms. The van der Waals surface area contributed by atoms with Crippen molar-refractivity contribution in [3.05, 3.63) is 47.7 Å². The molecule has 0 aliphatic carbocycles. The summed E-state index contributed by atoms with van der Waals surface area (Å²) < 4.78 is 7.01. The second-order valence-corrected chi connectivity index (χ2v) is 6.32. The molecule has 0 N–H and O–H groups in total. The van der Waals surface area contributed by atoms with E-state index >= 15 is 0 Å². The lowest BCUT2D eigenvalue weighted by molar-refractivity contribution is 0.0760. The van der Waals surface area contributed by atoms with E-state index in [4.69, 9.17) is 4.42 Å². The zero-order valence-corrected chi connectivity index (χ0v) is 14.2. The highest BCUT2D eigenvalue weighted by molar-refractivity contribution is 5.94. The smallest absolute Gasteiger partial charge is 0.257 e. The van der Waals surface area contributed by atoms with E-state index < -0.39 is 0 Å². The Kier molecular flexibility index (Phi) is 4.85. The summed E-state index contributed by atoms with van der Waals surface area (Å²) >= 11 is 0. The molecule has 1 fully saturated rings. The van der Waals surface area contributed by atoms with Gasteiger partial charge < -0.3 is 13.9 Å². The molecule has 128 valence electrons. The maximum atomic E-state index is 12.4. The van der Waals surface area contributed by atoms with Crippen LogP contribution in [0.5, 0.6) is 0 Å². The fraction of sp³-hybridized carbons (Fsp3) is 0.444. The van der Waals surface area contributed by atoms with Crippen molar-refractivity contribution in [3.8, 4) is 0 Å². The van der Waals surface area contributed by atoms with Crippen LogP contribution in [-0.4, -0.2) is 52.2 Å². The normalized spacial score (nSPS) is 16.2. The molecule has 24 heavy (non-hydrogen) atoms. The molecule has 0 saturated carbocycles. The van der Waals surface area contributed by atoms with Crippen molar-refractivity contribution in [1.29, 1.82) is 0 Å². The van der Waals surface area contributed by atoms with Gasteiger partial charge in [0.05, 0.1) is 11.8 Å². The molecule has 0 bridgehead atoms. The monoisotopic (exact) mass is 329 g/mol. The number of rotatable bonds is 4. The maximum absolute atomic E-state index is 12.4. The van der Waals surface area contributed by atoms with Crippen LogP contribution in [0, 0.1) is 0 Å². The highest BCUT2D eigenvalue weighted by atomic mass is 16.3. The molecular formula is C18H23N3O3. The van der Waals surface area contributed by atoms with E-state index in [9.17, 15) is 9.59 Å². The molecular weight excluding hydrogens is 306 g/mol. The largest absolute Gasteiger partial charge is 0.472 e. The Morgan fingerprint density at radius 2 is 2.00 bits per heavy atom. The molecule has 1 aliphatic rings. The van der Waals surface area contributed by atoms with Crippen LogP contribution in [0.4, 0.5) is 0 Å². The van der Waals surface area contributed by atoms with E-state index in [0.29, 0.717) is 12.1 Å². The van der Waals surface area contributed by atoms with Crippen molar-refractivity contribution in [2.75, 3.05) is 26.2 Å². The molecule has 3 heterocycles. The van der Waals surface area contributed by atoms with E-state index in [0.717, 1.165) is 43.9 Å². The van der Waals surface area contributed by atoms with Crippen molar-refractivity contribution >= 4 is 11.7 Å². The fourth-order valence-corrected chi connectivity index (χ4v) is 3.09. The second-order valence-electron chi connectivity index (χ2n) is 6.32. The highest BCUT2D eigenvalue weighted by Gasteiger charge is 2.21. The van der Waals surface area contributed by atoms with Gasteiger partial charge in [0, 0.05) is 57.2 Å². The Bertz CT molecular complexity index is 718. The summed E-state index contributed by atoms with van der Waals surface area (Å²) in [5.41, 5.74) is 2.48. The highest BCUT2D eigenvalue weighted by Crippen LogP contribution is 2.14. The lowest BCUT2D eigenvalue weighted by atomic mass is 10.2. The summed E-state index contributed by atoms with van der Waals surface area (Å²) in [5, 5.41) is 0. The second kappa shape index (κ2) is 7.05. The van der Waals surface area contributed by atoms with Crippen LogP contribution in [0.1, 0.15) is 39.8 Å². The molecule has 1 saturated heterocycles. The average molecular weight is 329 g/mol. The van der Waals surface area contributed by atoms with Crippen LogP contribution in [0.2, 0.25) is 0 Å². The fourth-order valence-electron chi connectivity index (χ4n) is 3.09. The Balaban J connectivity index is 1.61. The van der Waals surface area contributed by atoms with Gasteiger partial charge >= 0.3 is 0 Å². The first-order valence-corrected chi connectivity index (χ1v) is 8.24. The van der Waals surface area contributed by atoms with Gasteiger partial charge in [0.25, 0.3) is 5.91 Å². The van der Waals surface area contributed by atoms with Gasteiger partial charge in [-0.1, -0.05) is 0 Å². The standard InChI is InChI=1S/C18H23N3O3/c1-14(22)16-10-17(19(2)11-16)12-20-5-3-6-21(8-7-20)18(23)15-4-9-24-13-15/h4,9-11,13H,3,5-8,12H2,1-2H3. The summed E-state index contributed by atoms with van der Waals surface area (Å²) in [5.74, 6) is 0.118. The van der Waals surface area contributed by atoms with Crippen LogP contribution in [0.3, 0.4) is 0 Å². The van der Waals surface area contributed by atoms with Gasteiger partial charge in [-0.2, -0.15) is 0 Å². The number of carbonyl (C=O) groups is 2. The molecule has 6 nitrogen and oxygen atoms in total. The van der Waals surface area contributed by atoms with Crippen LogP contribution in [0.25, 0.3) is 0 Å². The van der Waals surface area contributed by atoms with Gasteiger partial charge in [-0.3, -0.25) is 14.5 Å². The van der Waals surface area contributed by atoms with E-state index in [1.54, 1.807) is 13.0 Å². The van der Waals surface area contributed by atoms with Crippen LogP contribution < -0.4 is 0 Å².